The van der Waals surface area contributed by atoms with Crippen LogP contribution in [0.1, 0.15) is 12.8 Å². The zero-order valence-corrected chi connectivity index (χ0v) is 7.14. The topological polar surface area (TPSA) is 35.9 Å². The van der Waals surface area contributed by atoms with Gasteiger partial charge in [0.2, 0.25) is 0 Å². The van der Waals surface area contributed by atoms with E-state index in [1.54, 1.807) is 6.08 Å². The first kappa shape index (κ1) is 8.78. The van der Waals surface area contributed by atoms with E-state index in [9.17, 15) is 0 Å². The van der Waals surface area contributed by atoms with Crippen molar-refractivity contribution in [1.29, 1.82) is 5.41 Å². The Morgan fingerprint density at radius 3 is 2.92 bits per heavy atom. The van der Waals surface area contributed by atoms with Gasteiger partial charge in [0.25, 0.3) is 0 Å². The monoisotopic (exact) mass is 162 g/mol. The molecule has 0 amide bonds. The van der Waals surface area contributed by atoms with E-state index in [1.165, 1.54) is 6.21 Å². The van der Waals surface area contributed by atoms with Crippen LogP contribution in [0.3, 0.4) is 0 Å². The molecule has 2 N–H and O–H groups in total. The first-order valence-electron chi connectivity index (χ1n) is 4.06. The molecule has 1 heterocycles. The SMILES string of the molecule is C=C/C=C1\NC(C=N)CCC1=C. The highest BCUT2D eigenvalue weighted by atomic mass is 14.9. The summed E-state index contributed by atoms with van der Waals surface area (Å²) >= 11 is 0. The van der Waals surface area contributed by atoms with Crippen LogP contribution in [-0.4, -0.2) is 12.3 Å². The predicted molar refractivity (Wildman–Crippen MR) is 52.4 cm³/mol. The summed E-state index contributed by atoms with van der Waals surface area (Å²) in [5.41, 5.74) is 2.12. The second-order valence-electron chi connectivity index (χ2n) is 2.88. The predicted octanol–water partition coefficient (Wildman–Crippen LogP) is 2.01. The highest BCUT2D eigenvalue weighted by molar-refractivity contribution is 5.62. The molecule has 2 nitrogen and oxygen atoms in total. The maximum absolute atomic E-state index is 7.11. The van der Waals surface area contributed by atoms with Gasteiger partial charge in [-0.15, -0.1) is 0 Å². The molecule has 1 rings (SSSR count). The van der Waals surface area contributed by atoms with E-state index in [0.29, 0.717) is 0 Å². The smallest absolute Gasteiger partial charge is 0.0612 e. The van der Waals surface area contributed by atoms with Crippen molar-refractivity contribution >= 4 is 6.21 Å². The van der Waals surface area contributed by atoms with E-state index >= 15 is 0 Å². The van der Waals surface area contributed by atoms with Crippen molar-refractivity contribution in [2.45, 2.75) is 18.9 Å². The van der Waals surface area contributed by atoms with Gasteiger partial charge in [0.1, 0.15) is 0 Å². The zero-order chi connectivity index (χ0) is 8.97. The number of allylic oxidation sites excluding steroid dienone is 3. The summed E-state index contributed by atoms with van der Waals surface area (Å²) in [7, 11) is 0. The van der Waals surface area contributed by atoms with Gasteiger partial charge >= 0.3 is 0 Å². The van der Waals surface area contributed by atoms with Crippen LogP contribution < -0.4 is 5.32 Å². The van der Waals surface area contributed by atoms with Gasteiger partial charge in [-0.2, -0.15) is 0 Å². The van der Waals surface area contributed by atoms with Gasteiger partial charge in [-0.1, -0.05) is 19.2 Å². The molecule has 2 heteroatoms. The normalized spacial score (nSPS) is 26.5. The van der Waals surface area contributed by atoms with Gasteiger partial charge in [-0.3, -0.25) is 0 Å². The van der Waals surface area contributed by atoms with Crippen LogP contribution in [0.4, 0.5) is 0 Å². The summed E-state index contributed by atoms with van der Waals surface area (Å²) in [5, 5.41) is 10.3. The minimum atomic E-state index is 0.168. The van der Waals surface area contributed by atoms with Crippen LogP contribution >= 0.6 is 0 Å². The van der Waals surface area contributed by atoms with Crippen molar-refractivity contribution in [3.05, 3.63) is 36.6 Å². The van der Waals surface area contributed by atoms with Crippen molar-refractivity contribution in [2.24, 2.45) is 0 Å². The van der Waals surface area contributed by atoms with Gasteiger partial charge in [-0.05, 0) is 24.5 Å². The molecule has 1 fully saturated rings. The number of nitrogens with one attached hydrogen (secondary N) is 2. The van der Waals surface area contributed by atoms with Gasteiger partial charge in [0, 0.05) is 11.9 Å². The molecule has 0 saturated carbocycles. The molecule has 0 aromatic carbocycles. The summed E-state index contributed by atoms with van der Waals surface area (Å²) in [6, 6.07) is 0.168. The Hall–Kier alpha value is -1.31. The number of hydrogen-bond donors (Lipinski definition) is 2. The Morgan fingerprint density at radius 2 is 2.33 bits per heavy atom. The van der Waals surface area contributed by atoms with E-state index in [1.807, 2.05) is 6.08 Å². The van der Waals surface area contributed by atoms with E-state index in [4.69, 9.17) is 5.41 Å². The van der Waals surface area contributed by atoms with E-state index in [0.717, 1.165) is 24.1 Å². The lowest BCUT2D eigenvalue weighted by molar-refractivity contribution is 0.605. The molecule has 1 aliphatic rings. The second kappa shape index (κ2) is 3.90. The molecule has 1 unspecified atom stereocenters. The van der Waals surface area contributed by atoms with Crippen LogP contribution in [-0.2, 0) is 0 Å². The number of piperidine rings is 1. The first-order chi connectivity index (χ1) is 5.77. The molecular weight excluding hydrogens is 148 g/mol. The molecule has 1 saturated heterocycles. The van der Waals surface area contributed by atoms with Crippen molar-refractivity contribution in [3.8, 4) is 0 Å². The summed E-state index contributed by atoms with van der Waals surface area (Å²) in [4.78, 5) is 0. The van der Waals surface area contributed by atoms with Crippen LogP contribution in [0, 0.1) is 5.41 Å². The molecule has 0 aromatic heterocycles. The maximum atomic E-state index is 7.11. The average Bonchev–Trinajstić information content (AvgIpc) is 2.09. The third kappa shape index (κ3) is 1.84. The first-order valence-corrected chi connectivity index (χ1v) is 4.06. The van der Waals surface area contributed by atoms with Gasteiger partial charge in [0.05, 0.1) is 6.04 Å². The van der Waals surface area contributed by atoms with E-state index in [-0.39, 0.29) is 6.04 Å². The molecule has 0 radical (unpaired) electrons. The Bertz CT molecular complexity index is 238. The highest BCUT2D eigenvalue weighted by Crippen LogP contribution is 2.19. The van der Waals surface area contributed by atoms with Crippen molar-refractivity contribution in [1.82, 2.24) is 5.32 Å². The third-order valence-corrected chi connectivity index (χ3v) is 1.96. The van der Waals surface area contributed by atoms with E-state index in [2.05, 4.69) is 18.5 Å². The van der Waals surface area contributed by atoms with Gasteiger partial charge < -0.3 is 10.7 Å². The summed E-state index contributed by atoms with van der Waals surface area (Å²) in [6.45, 7) is 7.55. The number of hydrogen-bond acceptors (Lipinski definition) is 2. The molecule has 0 spiro atoms. The quantitative estimate of drug-likeness (QED) is 0.599. The summed E-state index contributed by atoms with van der Waals surface area (Å²) < 4.78 is 0. The fourth-order valence-corrected chi connectivity index (χ4v) is 1.25. The van der Waals surface area contributed by atoms with Crippen LogP contribution in [0.25, 0.3) is 0 Å². The molecule has 64 valence electrons. The lowest BCUT2D eigenvalue weighted by atomic mass is 9.98. The van der Waals surface area contributed by atoms with Crippen LogP contribution in [0.15, 0.2) is 36.6 Å². The van der Waals surface area contributed by atoms with Crippen LogP contribution in [0.5, 0.6) is 0 Å². The minimum Gasteiger partial charge on any atom is -0.377 e. The third-order valence-electron chi connectivity index (χ3n) is 1.96. The Morgan fingerprint density at radius 1 is 1.58 bits per heavy atom. The average molecular weight is 162 g/mol. The molecule has 1 aliphatic heterocycles. The highest BCUT2D eigenvalue weighted by Gasteiger charge is 2.15. The molecule has 12 heavy (non-hydrogen) atoms. The fourth-order valence-electron chi connectivity index (χ4n) is 1.25. The minimum absolute atomic E-state index is 0.168. The van der Waals surface area contributed by atoms with Crippen molar-refractivity contribution in [2.75, 3.05) is 0 Å². The molecular formula is C10H14N2. The Kier molecular flexibility index (Phi) is 2.86. The van der Waals surface area contributed by atoms with Gasteiger partial charge in [-0.25, -0.2) is 0 Å². The number of rotatable bonds is 2. The summed E-state index contributed by atoms with van der Waals surface area (Å²) in [6.07, 6.45) is 7.00. The largest absolute Gasteiger partial charge is 0.377 e. The molecule has 1 atom stereocenters. The Balaban J connectivity index is 2.71. The van der Waals surface area contributed by atoms with Crippen LogP contribution in [0.2, 0.25) is 0 Å². The fraction of sp³-hybridized carbons (Fsp3) is 0.300. The molecule has 0 aromatic rings. The molecule has 0 bridgehead atoms. The van der Waals surface area contributed by atoms with Crippen molar-refractivity contribution < 1.29 is 0 Å². The summed E-state index contributed by atoms with van der Waals surface area (Å²) in [5.74, 6) is 0. The maximum Gasteiger partial charge on any atom is 0.0612 e. The standard InChI is InChI=1S/C10H14N2/c1-3-4-10-8(2)5-6-9(7-11)12-10/h3-4,7,9,11-12H,1-2,5-6H2/b10-4-,11-7?. The Labute approximate surface area is 73.2 Å². The molecule has 0 aliphatic carbocycles. The lowest BCUT2D eigenvalue weighted by Crippen LogP contribution is -2.34. The second-order valence-corrected chi connectivity index (χ2v) is 2.88. The van der Waals surface area contributed by atoms with E-state index < -0.39 is 0 Å². The van der Waals surface area contributed by atoms with Gasteiger partial charge in [0.15, 0.2) is 0 Å². The lowest BCUT2D eigenvalue weighted by Gasteiger charge is -2.25. The zero-order valence-electron chi connectivity index (χ0n) is 7.14. The van der Waals surface area contributed by atoms with Crippen molar-refractivity contribution in [3.63, 3.8) is 0 Å².